The van der Waals surface area contributed by atoms with E-state index in [4.69, 9.17) is 11.6 Å². The molecule has 0 saturated heterocycles. The fourth-order valence-electron chi connectivity index (χ4n) is 1.41. The Morgan fingerprint density at radius 2 is 2.25 bits per heavy atom. The van der Waals surface area contributed by atoms with Crippen LogP contribution in [0.15, 0.2) is 0 Å². The van der Waals surface area contributed by atoms with E-state index < -0.39 is 0 Å². The van der Waals surface area contributed by atoms with Gasteiger partial charge in [0.25, 0.3) is 5.91 Å². The van der Waals surface area contributed by atoms with Crippen LogP contribution in [0.5, 0.6) is 0 Å². The van der Waals surface area contributed by atoms with E-state index in [0.29, 0.717) is 6.54 Å². The molecule has 1 N–H and O–H groups in total. The van der Waals surface area contributed by atoms with Gasteiger partial charge in [-0.1, -0.05) is 0 Å². The maximum absolute atomic E-state index is 11.7. The van der Waals surface area contributed by atoms with Crippen molar-refractivity contribution in [1.29, 1.82) is 0 Å². The highest BCUT2D eigenvalue weighted by atomic mass is 35.5. The van der Waals surface area contributed by atoms with Crippen LogP contribution in [0.4, 0.5) is 0 Å². The fourth-order valence-corrected chi connectivity index (χ4v) is 2.40. The predicted octanol–water partition coefficient (Wildman–Crippen LogP) is 2.90. The number of rotatable bonds is 5. The molecule has 0 fully saturated rings. The number of amides is 1. The normalized spacial score (nSPS) is 12.5. The zero-order valence-electron chi connectivity index (χ0n) is 9.84. The Labute approximate surface area is 105 Å². The molecule has 0 aliphatic carbocycles. The monoisotopic (exact) mass is 260 g/mol. The molecule has 3 nitrogen and oxygen atoms in total. The molecule has 1 rings (SSSR count). The van der Waals surface area contributed by atoms with Gasteiger partial charge >= 0.3 is 0 Å². The van der Waals surface area contributed by atoms with Crippen molar-refractivity contribution in [2.75, 3.05) is 6.54 Å². The minimum absolute atomic E-state index is 0.0228. The predicted molar refractivity (Wildman–Crippen MR) is 68.5 cm³/mol. The summed E-state index contributed by atoms with van der Waals surface area (Å²) in [7, 11) is 0. The Balaban J connectivity index is 2.38. The van der Waals surface area contributed by atoms with Crippen molar-refractivity contribution < 1.29 is 4.79 Å². The number of hydrogen-bond acceptors (Lipinski definition) is 3. The Bertz CT molecular complexity index is 363. The Kier molecular flexibility index (Phi) is 5.22. The number of aryl methyl sites for hydroxylation is 2. The van der Waals surface area contributed by atoms with E-state index in [9.17, 15) is 4.79 Å². The number of alkyl halides is 1. The Hall–Kier alpha value is -0.610. The van der Waals surface area contributed by atoms with Crippen molar-refractivity contribution in [3.63, 3.8) is 0 Å². The van der Waals surface area contributed by atoms with Gasteiger partial charge in [0.1, 0.15) is 4.88 Å². The standard InChI is InChI=1S/C11H17ClN2OS/c1-7(12)5-4-6-13-11(15)10-8(2)14-9(3)16-10/h7H,4-6H2,1-3H3,(H,13,15). The van der Waals surface area contributed by atoms with E-state index in [0.717, 1.165) is 28.4 Å². The number of nitrogens with zero attached hydrogens (tertiary/aromatic N) is 1. The molecule has 90 valence electrons. The largest absolute Gasteiger partial charge is 0.351 e. The summed E-state index contributed by atoms with van der Waals surface area (Å²) in [5.41, 5.74) is 0.811. The summed E-state index contributed by atoms with van der Waals surface area (Å²) in [6, 6.07) is 0. The average molecular weight is 261 g/mol. The molecule has 0 aliphatic heterocycles. The Morgan fingerprint density at radius 1 is 1.56 bits per heavy atom. The van der Waals surface area contributed by atoms with Crippen LogP contribution in [-0.4, -0.2) is 22.8 Å². The van der Waals surface area contributed by atoms with Crippen molar-refractivity contribution in [3.05, 3.63) is 15.6 Å². The maximum Gasteiger partial charge on any atom is 0.263 e. The van der Waals surface area contributed by atoms with E-state index >= 15 is 0 Å². The molecule has 1 aromatic rings. The molecular weight excluding hydrogens is 244 g/mol. The second kappa shape index (κ2) is 6.21. The number of halogens is 1. The summed E-state index contributed by atoms with van der Waals surface area (Å²) in [6.45, 7) is 6.40. The van der Waals surface area contributed by atoms with Gasteiger partial charge < -0.3 is 5.32 Å². The summed E-state index contributed by atoms with van der Waals surface area (Å²) in [5.74, 6) is -0.0228. The first-order valence-electron chi connectivity index (χ1n) is 5.37. The molecule has 1 atom stereocenters. The molecule has 0 aromatic carbocycles. The van der Waals surface area contributed by atoms with E-state index in [1.807, 2.05) is 20.8 Å². The molecule has 0 aliphatic rings. The lowest BCUT2D eigenvalue weighted by molar-refractivity contribution is 0.0956. The second-order valence-corrected chi connectivity index (χ2v) is 5.77. The molecule has 1 aromatic heterocycles. The lowest BCUT2D eigenvalue weighted by Crippen LogP contribution is -2.24. The summed E-state index contributed by atoms with van der Waals surface area (Å²) in [6.07, 6.45) is 1.83. The number of aromatic nitrogens is 1. The summed E-state index contributed by atoms with van der Waals surface area (Å²) >= 11 is 7.26. The van der Waals surface area contributed by atoms with Crippen LogP contribution >= 0.6 is 22.9 Å². The number of hydrogen-bond donors (Lipinski definition) is 1. The van der Waals surface area contributed by atoms with Crippen LogP contribution in [0, 0.1) is 13.8 Å². The van der Waals surface area contributed by atoms with Crippen molar-refractivity contribution in [3.8, 4) is 0 Å². The molecule has 0 radical (unpaired) electrons. The van der Waals surface area contributed by atoms with Gasteiger partial charge in [0.2, 0.25) is 0 Å². The number of thiazole rings is 1. The smallest absolute Gasteiger partial charge is 0.263 e. The van der Waals surface area contributed by atoms with E-state index in [1.165, 1.54) is 11.3 Å². The van der Waals surface area contributed by atoms with Crippen LogP contribution in [0.1, 0.15) is 40.1 Å². The number of nitrogens with one attached hydrogen (secondary N) is 1. The molecule has 1 heterocycles. The molecule has 0 saturated carbocycles. The first-order valence-corrected chi connectivity index (χ1v) is 6.62. The minimum atomic E-state index is -0.0228. The maximum atomic E-state index is 11.7. The third kappa shape index (κ3) is 4.10. The summed E-state index contributed by atoms with van der Waals surface area (Å²) in [4.78, 5) is 16.7. The van der Waals surface area contributed by atoms with E-state index in [-0.39, 0.29) is 11.3 Å². The van der Waals surface area contributed by atoms with Gasteiger partial charge in [-0.25, -0.2) is 4.98 Å². The van der Waals surface area contributed by atoms with E-state index in [2.05, 4.69) is 10.3 Å². The number of carbonyl (C=O) groups excluding carboxylic acids is 1. The molecule has 0 spiro atoms. The lowest BCUT2D eigenvalue weighted by atomic mass is 10.2. The van der Waals surface area contributed by atoms with Gasteiger partial charge in [0, 0.05) is 11.9 Å². The van der Waals surface area contributed by atoms with Crippen molar-refractivity contribution in [2.24, 2.45) is 0 Å². The van der Waals surface area contributed by atoms with Gasteiger partial charge in [-0.15, -0.1) is 22.9 Å². The van der Waals surface area contributed by atoms with Gasteiger partial charge in [0.15, 0.2) is 0 Å². The Morgan fingerprint density at radius 3 is 2.75 bits per heavy atom. The fraction of sp³-hybridized carbons (Fsp3) is 0.636. The molecule has 5 heteroatoms. The quantitative estimate of drug-likeness (QED) is 0.653. The van der Waals surface area contributed by atoms with Gasteiger partial charge in [-0.3, -0.25) is 4.79 Å². The molecule has 16 heavy (non-hydrogen) atoms. The highest BCUT2D eigenvalue weighted by Gasteiger charge is 2.12. The van der Waals surface area contributed by atoms with Crippen LogP contribution in [0.2, 0.25) is 0 Å². The zero-order chi connectivity index (χ0) is 12.1. The van der Waals surface area contributed by atoms with Crippen LogP contribution in [-0.2, 0) is 0 Å². The third-order valence-electron chi connectivity index (χ3n) is 2.17. The van der Waals surface area contributed by atoms with Crippen LogP contribution < -0.4 is 5.32 Å². The molecule has 1 unspecified atom stereocenters. The van der Waals surface area contributed by atoms with Crippen LogP contribution in [0.3, 0.4) is 0 Å². The molecule has 1 amide bonds. The minimum Gasteiger partial charge on any atom is -0.351 e. The van der Waals surface area contributed by atoms with Crippen molar-refractivity contribution in [2.45, 2.75) is 39.0 Å². The van der Waals surface area contributed by atoms with Gasteiger partial charge in [0.05, 0.1) is 10.7 Å². The highest BCUT2D eigenvalue weighted by molar-refractivity contribution is 7.13. The van der Waals surface area contributed by atoms with E-state index in [1.54, 1.807) is 0 Å². The summed E-state index contributed by atoms with van der Waals surface area (Å²) < 4.78 is 0. The second-order valence-electron chi connectivity index (χ2n) is 3.83. The average Bonchev–Trinajstić information content (AvgIpc) is 2.52. The zero-order valence-corrected chi connectivity index (χ0v) is 11.4. The highest BCUT2D eigenvalue weighted by Crippen LogP contribution is 2.16. The lowest BCUT2D eigenvalue weighted by Gasteiger charge is -2.04. The van der Waals surface area contributed by atoms with Crippen molar-refractivity contribution >= 4 is 28.8 Å². The SMILES string of the molecule is Cc1nc(C)c(C(=O)NCCCC(C)Cl)s1. The topological polar surface area (TPSA) is 42.0 Å². The first-order chi connectivity index (χ1) is 7.50. The first kappa shape index (κ1) is 13.5. The van der Waals surface area contributed by atoms with Crippen molar-refractivity contribution in [1.82, 2.24) is 10.3 Å². The summed E-state index contributed by atoms with van der Waals surface area (Å²) in [5, 5.41) is 3.98. The molecular formula is C11H17ClN2OS. The van der Waals surface area contributed by atoms with Crippen LogP contribution in [0.25, 0.3) is 0 Å². The number of carbonyl (C=O) groups is 1. The third-order valence-corrected chi connectivity index (χ3v) is 3.46. The van der Waals surface area contributed by atoms with Gasteiger partial charge in [-0.05, 0) is 33.6 Å². The van der Waals surface area contributed by atoms with Gasteiger partial charge in [-0.2, -0.15) is 0 Å². The molecule has 0 bridgehead atoms.